The van der Waals surface area contributed by atoms with E-state index in [9.17, 15) is 9.90 Å². The molecular weight excluding hydrogens is 360 g/mol. The molecule has 138 valence electrons. The second-order valence-corrected chi connectivity index (χ2v) is 5.93. The third-order valence-corrected chi connectivity index (χ3v) is 3.97. The molecule has 0 bridgehead atoms. The first kappa shape index (κ1) is 17.3. The molecule has 1 heterocycles. The van der Waals surface area contributed by atoms with E-state index in [-0.39, 0.29) is 11.3 Å². The molecule has 2 N–H and O–H groups in total. The normalized spacial score (nSPS) is 10.6. The molecule has 0 fully saturated rings. The van der Waals surface area contributed by atoms with E-state index in [4.69, 9.17) is 14.4 Å². The number of phenols is 1. The molecule has 0 aliphatic rings. The highest BCUT2D eigenvalue weighted by molar-refractivity contribution is 5.88. The van der Waals surface area contributed by atoms with Crippen LogP contribution in [0.5, 0.6) is 17.2 Å². The summed E-state index contributed by atoms with van der Waals surface area (Å²) < 4.78 is 11.0. The summed E-state index contributed by atoms with van der Waals surface area (Å²) in [5.74, 6) is 0.897. The molecule has 0 radical (unpaired) electrons. The molecular formula is C21H14N2O5. The zero-order valence-corrected chi connectivity index (χ0v) is 14.4. The van der Waals surface area contributed by atoms with Crippen molar-refractivity contribution in [2.24, 2.45) is 0 Å². The summed E-state index contributed by atoms with van der Waals surface area (Å²) >= 11 is 0. The van der Waals surface area contributed by atoms with Gasteiger partial charge in [-0.3, -0.25) is 0 Å². The number of nitrogens with zero attached hydrogens (tertiary/aromatic N) is 2. The van der Waals surface area contributed by atoms with E-state index in [1.54, 1.807) is 60.7 Å². The molecule has 7 nitrogen and oxygen atoms in total. The van der Waals surface area contributed by atoms with Crippen molar-refractivity contribution < 1.29 is 24.3 Å². The van der Waals surface area contributed by atoms with Gasteiger partial charge in [-0.05, 0) is 66.7 Å². The third-order valence-electron chi connectivity index (χ3n) is 3.97. The van der Waals surface area contributed by atoms with Crippen molar-refractivity contribution in [2.75, 3.05) is 0 Å². The van der Waals surface area contributed by atoms with E-state index >= 15 is 0 Å². The third kappa shape index (κ3) is 3.68. The Kier molecular flexibility index (Phi) is 4.47. The molecule has 0 atom stereocenters. The van der Waals surface area contributed by atoms with Crippen molar-refractivity contribution in [3.8, 4) is 40.1 Å². The fraction of sp³-hybridized carbons (Fsp3) is 0. The highest BCUT2D eigenvalue weighted by Crippen LogP contribution is 2.27. The van der Waals surface area contributed by atoms with Gasteiger partial charge >= 0.3 is 5.97 Å². The van der Waals surface area contributed by atoms with Gasteiger partial charge < -0.3 is 19.5 Å². The van der Waals surface area contributed by atoms with Gasteiger partial charge in [-0.15, -0.1) is 0 Å². The quantitative estimate of drug-likeness (QED) is 0.526. The molecule has 0 unspecified atom stereocenters. The second kappa shape index (κ2) is 7.24. The summed E-state index contributed by atoms with van der Waals surface area (Å²) in [6.45, 7) is 0. The van der Waals surface area contributed by atoms with Gasteiger partial charge in [-0.2, -0.15) is 4.98 Å². The van der Waals surface area contributed by atoms with E-state index in [2.05, 4.69) is 10.1 Å². The van der Waals surface area contributed by atoms with Crippen LogP contribution >= 0.6 is 0 Å². The minimum Gasteiger partial charge on any atom is -0.508 e. The van der Waals surface area contributed by atoms with Gasteiger partial charge in [0.05, 0.1) is 5.56 Å². The van der Waals surface area contributed by atoms with E-state index in [0.717, 1.165) is 5.56 Å². The monoisotopic (exact) mass is 374 g/mol. The summed E-state index contributed by atoms with van der Waals surface area (Å²) in [7, 11) is 0. The van der Waals surface area contributed by atoms with Crippen LogP contribution < -0.4 is 4.74 Å². The lowest BCUT2D eigenvalue weighted by atomic mass is 10.2. The van der Waals surface area contributed by atoms with E-state index in [1.165, 1.54) is 12.1 Å². The summed E-state index contributed by atoms with van der Waals surface area (Å²) in [5.41, 5.74) is 1.60. The summed E-state index contributed by atoms with van der Waals surface area (Å²) in [6.07, 6.45) is 0. The molecule has 4 rings (SSSR count). The zero-order chi connectivity index (χ0) is 19.5. The van der Waals surface area contributed by atoms with Gasteiger partial charge in [0, 0.05) is 11.1 Å². The molecule has 0 saturated carbocycles. The number of phenolic OH excluding ortho intramolecular Hbond substituents is 1. The Morgan fingerprint density at radius 1 is 0.893 bits per heavy atom. The Balaban J connectivity index is 1.51. The standard InChI is InChI=1S/C21H14N2O5/c24-16-8-4-14(5-9-16)20-22-19(23-28-20)13-6-10-17(11-7-13)27-18-3-1-2-15(12-18)21(25)26/h1-12,24H,(H,25,26). The molecule has 0 saturated heterocycles. The maximum Gasteiger partial charge on any atom is 0.335 e. The maximum atomic E-state index is 11.0. The maximum absolute atomic E-state index is 11.0. The van der Waals surface area contributed by atoms with Gasteiger partial charge in [0.25, 0.3) is 5.89 Å². The van der Waals surface area contributed by atoms with Crippen LogP contribution in [0.2, 0.25) is 0 Å². The lowest BCUT2D eigenvalue weighted by molar-refractivity contribution is 0.0696. The first-order chi connectivity index (χ1) is 13.6. The minimum atomic E-state index is -1.01. The number of carboxylic acid groups (broad SMARTS) is 1. The second-order valence-electron chi connectivity index (χ2n) is 5.93. The highest BCUT2D eigenvalue weighted by atomic mass is 16.5. The average Bonchev–Trinajstić information content (AvgIpc) is 3.19. The molecule has 0 aliphatic heterocycles. The lowest BCUT2D eigenvalue weighted by Crippen LogP contribution is -1.96. The number of carbonyl (C=O) groups is 1. The van der Waals surface area contributed by atoms with Crippen molar-refractivity contribution in [3.63, 3.8) is 0 Å². The van der Waals surface area contributed by atoms with Crippen molar-refractivity contribution in [1.82, 2.24) is 10.1 Å². The molecule has 7 heteroatoms. The van der Waals surface area contributed by atoms with Gasteiger partial charge in [-0.1, -0.05) is 11.2 Å². The van der Waals surface area contributed by atoms with Crippen LogP contribution in [0.1, 0.15) is 10.4 Å². The average molecular weight is 374 g/mol. The number of benzene rings is 3. The van der Waals surface area contributed by atoms with Crippen LogP contribution in [0.25, 0.3) is 22.8 Å². The van der Waals surface area contributed by atoms with Gasteiger partial charge in [0.2, 0.25) is 5.82 Å². The van der Waals surface area contributed by atoms with Crippen LogP contribution in [-0.2, 0) is 0 Å². The number of hydrogen-bond donors (Lipinski definition) is 2. The number of hydrogen-bond acceptors (Lipinski definition) is 6. The van der Waals surface area contributed by atoms with E-state index in [0.29, 0.717) is 28.8 Å². The van der Waals surface area contributed by atoms with Crippen LogP contribution in [0.3, 0.4) is 0 Å². The minimum absolute atomic E-state index is 0.155. The van der Waals surface area contributed by atoms with Gasteiger partial charge in [0.1, 0.15) is 17.2 Å². The van der Waals surface area contributed by atoms with Crippen LogP contribution in [0.15, 0.2) is 77.3 Å². The van der Waals surface area contributed by atoms with E-state index < -0.39 is 5.97 Å². The number of carboxylic acids is 1. The Bertz CT molecular complexity index is 1120. The summed E-state index contributed by atoms with van der Waals surface area (Å²) in [5, 5.41) is 22.4. The van der Waals surface area contributed by atoms with Crippen molar-refractivity contribution >= 4 is 5.97 Å². The van der Waals surface area contributed by atoms with Crippen molar-refractivity contribution in [3.05, 3.63) is 78.4 Å². The largest absolute Gasteiger partial charge is 0.508 e. The molecule has 28 heavy (non-hydrogen) atoms. The first-order valence-corrected chi connectivity index (χ1v) is 8.33. The zero-order valence-electron chi connectivity index (χ0n) is 14.4. The predicted molar refractivity (Wildman–Crippen MR) is 100 cm³/mol. The summed E-state index contributed by atoms with van der Waals surface area (Å²) in [4.78, 5) is 15.4. The molecule has 3 aromatic carbocycles. The topological polar surface area (TPSA) is 106 Å². The van der Waals surface area contributed by atoms with Crippen molar-refractivity contribution in [1.29, 1.82) is 0 Å². The predicted octanol–water partition coefficient (Wildman–Crippen LogP) is 4.60. The number of rotatable bonds is 5. The number of ether oxygens (including phenoxy) is 1. The molecule has 1 aromatic heterocycles. The van der Waals surface area contributed by atoms with Crippen molar-refractivity contribution in [2.45, 2.75) is 0 Å². The molecule has 0 spiro atoms. The smallest absolute Gasteiger partial charge is 0.335 e. The number of aromatic hydroxyl groups is 1. The Morgan fingerprint density at radius 3 is 2.32 bits per heavy atom. The number of aromatic nitrogens is 2. The highest BCUT2D eigenvalue weighted by Gasteiger charge is 2.11. The fourth-order valence-corrected chi connectivity index (χ4v) is 2.56. The Hall–Kier alpha value is -4.13. The van der Waals surface area contributed by atoms with E-state index in [1.807, 2.05) is 0 Å². The van der Waals surface area contributed by atoms with Crippen LogP contribution in [0, 0.1) is 0 Å². The lowest BCUT2D eigenvalue weighted by Gasteiger charge is -2.06. The fourth-order valence-electron chi connectivity index (χ4n) is 2.56. The van der Waals surface area contributed by atoms with Crippen LogP contribution in [0.4, 0.5) is 0 Å². The first-order valence-electron chi connectivity index (χ1n) is 8.33. The Labute approximate surface area is 159 Å². The van der Waals surface area contributed by atoms with Gasteiger partial charge in [-0.25, -0.2) is 4.79 Å². The number of aromatic carboxylic acids is 1. The molecule has 4 aromatic rings. The molecule has 0 amide bonds. The van der Waals surface area contributed by atoms with Crippen LogP contribution in [-0.4, -0.2) is 26.3 Å². The SMILES string of the molecule is O=C(O)c1cccc(Oc2ccc(-c3noc(-c4ccc(O)cc4)n3)cc2)c1. The summed E-state index contributed by atoms with van der Waals surface area (Å²) in [6, 6.07) is 19.8. The van der Waals surface area contributed by atoms with Gasteiger partial charge in [0.15, 0.2) is 0 Å². The Morgan fingerprint density at radius 2 is 1.61 bits per heavy atom. The molecule has 0 aliphatic carbocycles.